The van der Waals surface area contributed by atoms with E-state index in [1.165, 1.54) is 23.5 Å². The number of thiazole rings is 1. The van der Waals surface area contributed by atoms with Crippen molar-refractivity contribution >= 4 is 32.2 Å². The van der Waals surface area contributed by atoms with Gasteiger partial charge in [0.15, 0.2) is 5.13 Å². The standard InChI is InChI=1S/C10H10N4O4S2/c11-10-13-7(6-19-10)5-12-20(17,18)9-3-1-8(2-4-9)14(15)16/h1-4,6,12H,5H2,(H2,11,13). The van der Waals surface area contributed by atoms with E-state index in [2.05, 4.69) is 9.71 Å². The first-order valence-corrected chi connectivity index (χ1v) is 7.69. The molecule has 0 spiro atoms. The molecular weight excluding hydrogens is 304 g/mol. The second-order valence-corrected chi connectivity index (χ2v) is 6.41. The van der Waals surface area contributed by atoms with Crippen molar-refractivity contribution in [1.82, 2.24) is 9.71 Å². The van der Waals surface area contributed by atoms with Crippen molar-refractivity contribution in [2.24, 2.45) is 0 Å². The lowest BCUT2D eigenvalue weighted by Crippen LogP contribution is -2.23. The van der Waals surface area contributed by atoms with Gasteiger partial charge in [0.25, 0.3) is 5.69 Å². The molecule has 2 rings (SSSR count). The fourth-order valence-electron chi connectivity index (χ4n) is 1.40. The molecule has 1 aromatic heterocycles. The Balaban J connectivity index is 2.11. The zero-order chi connectivity index (χ0) is 14.8. The molecule has 0 amide bonds. The van der Waals surface area contributed by atoms with Gasteiger partial charge >= 0.3 is 0 Å². The van der Waals surface area contributed by atoms with Crippen LogP contribution in [0.3, 0.4) is 0 Å². The minimum atomic E-state index is -3.74. The van der Waals surface area contributed by atoms with E-state index < -0.39 is 14.9 Å². The molecule has 1 aromatic carbocycles. The van der Waals surface area contributed by atoms with Crippen molar-refractivity contribution in [3.05, 3.63) is 45.5 Å². The molecule has 106 valence electrons. The maximum absolute atomic E-state index is 12.0. The number of nitrogens with two attached hydrogens (primary N) is 1. The zero-order valence-electron chi connectivity index (χ0n) is 10.0. The lowest BCUT2D eigenvalue weighted by Gasteiger charge is -2.04. The van der Waals surface area contributed by atoms with Gasteiger partial charge in [0, 0.05) is 17.5 Å². The average molecular weight is 314 g/mol. The van der Waals surface area contributed by atoms with Crippen LogP contribution in [-0.4, -0.2) is 18.3 Å². The molecule has 10 heteroatoms. The molecule has 0 bridgehead atoms. The molecule has 20 heavy (non-hydrogen) atoms. The minimum absolute atomic E-state index is 0.00697. The summed E-state index contributed by atoms with van der Waals surface area (Å²) in [6.07, 6.45) is 0. The van der Waals surface area contributed by atoms with Gasteiger partial charge in [0.2, 0.25) is 10.0 Å². The van der Waals surface area contributed by atoms with Gasteiger partial charge in [-0.05, 0) is 12.1 Å². The topological polar surface area (TPSA) is 128 Å². The molecule has 0 saturated heterocycles. The van der Waals surface area contributed by atoms with Crippen LogP contribution in [0.5, 0.6) is 0 Å². The number of sulfonamides is 1. The summed E-state index contributed by atoms with van der Waals surface area (Å²) in [5.74, 6) is 0. The highest BCUT2D eigenvalue weighted by Crippen LogP contribution is 2.16. The lowest BCUT2D eigenvalue weighted by molar-refractivity contribution is -0.384. The van der Waals surface area contributed by atoms with Crippen molar-refractivity contribution in [3.8, 4) is 0 Å². The molecule has 0 fully saturated rings. The highest BCUT2D eigenvalue weighted by atomic mass is 32.2. The molecule has 8 nitrogen and oxygen atoms in total. The molecule has 0 aliphatic heterocycles. The van der Waals surface area contributed by atoms with E-state index in [0.717, 1.165) is 12.1 Å². The number of non-ortho nitro benzene ring substituents is 1. The molecule has 0 unspecified atom stereocenters. The summed E-state index contributed by atoms with van der Waals surface area (Å²) in [7, 11) is -3.74. The number of nitrogens with one attached hydrogen (secondary N) is 1. The zero-order valence-corrected chi connectivity index (χ0v) is 11.6. The number of anilines is 1. The number of hydrogen-bond donors (Lipinski definition) is 2. The Labute approximate surface area is 118 Å². The molecule has 2 aromatic rings. The summed E-state index contributed by atoms with van der Waals surface area (Å²) in [5.41, 5.74) is 5.78. The van der Waals surface area contributed by atoms with E-state index in [1.807, 2.05) is 0 Å². The van der Waals surface area contributed by atoms with Crippen LogP contribution in [0.4, 0.5) is 10.8 Å². The summed E-state index contributed by atoms with van der Waals surface area (Å²) >= 11 is 1.21. The molecule has 0 saturated carbocycles. The smallest absolute Gasteiger partial charge is 0.269 e. The molecule has 0 aliphatic carbocycles. The predicted molar refractivity (Wildman–Crippen MR) is 73.6 cm³/mol. The van der Waals surface area contributed by atoms with Crippen LogP contribution in [0.15, 0.2) is 34.5 Å². The number of benzene rings is 1. The van der Waals surface area contributed by atoms with Crippen LogP contribution in [-0.2, 0) is 16.6 Å². The number of nitro groups is 1. The molecule has 3 N–H and O–H groups in total. The predicted octanol–water partition coefficient (Wildman–Crippen LogP) is 1.11. The van der Waals surface area contributed by atoms with Crippen LogP contribution >= 0.6 is 11.3 Å². The van der Waals surface area contributed by atoms with Gasteiger partial charge in [-0.2, -0.15) is 0 Å². The van der Waals surface area contributed by atoms with Crippen molar-refractivity contribution < 1.29 is 13.3 Å². The highest BCUT2D eigenvalue weighted by Gasteiger charge is 2.16. The number of aromatic nitrogens is 1. The monoisotopic (exact) mass is 314 g/mol. The Hall–Kier alpha value is -2.04. The van der Waals surface area contributed by atoms with Gasteiger partial charge in [-0.15, -0.1) is 11.3 Å². The van der Waals surface area contributed by atoms with Gasteiger partial charge < -0.3 is 5.73 Å². The molecule has 1 heterocycles. The first-order chi connectivity index (χ1) is 9.38. The normalized spacial score (nSPS) is 11.4. The van der Waals surface area contributed by atoms with Gasteiger partial charge in [0.1, 0.15) is 0 Å². The molecule has 0 aliphatic rings. The van der Waals surface area contributed by atoms with Crippen LogP contribution in [0.2, 0.25) is 0 Å². The summed E-state index contributed by atoms with van der Waals surface area (Å²) in [6, 6.07) is 4.62. The third kappa shape index (κ3) is 3.29. The average Bonchev–Trinajstić information content (AvgIpc) is 2.82. The molecule has 0 radical (unpaired) electrons. The summed E-state index contributed by atoms with van der Waals surface area (Å²) < 4.78 is 26.3. The first-order valence-electron chi connectivity index (χ1n) is 5.32. The number of rotatable bonds is 5. The van der Waals surface area contributed by atoms with E-state index >= 15 is 0 Å². The Morgan fingerprint density at radius 2 is 2.00 bits per heavy atom. The van der Waals surface area contributed by atoms with Gasteiger partial charge in [-0.25, -0.2) is 18.1 Å². The number of nitro benzene ring substituents is 1. The van der Waals surface area contributed by atoms with E-state index in [1.54, 1.807) is 5.38 Å². The maximum atomic E-state index is 12.0. The van der Waals surface area contributed by atoms with E-state index in [4.69, 9.17) is 5.73 Å². The van der Waals surface area contributed by atoms with E-state index in [-0.39, 0.29) is 17.1 Å². The first kappa shape index (κ1) is 14.4. The number of nitrogen functional groups attached to an aromatic ring is 1. The fraction of sp³-hybridized carbons (Fsp3) is 0.100. The van der Waals surface area contributed by atoms with Gasteiger partial charge in [0.05, 0.1) is 22.1 Å². The Morgan fingerprint density at radius 1 is 1.35 bits per heavy atom. The SMILES string of the molecule is Nc1nc(CNS(=O)(=O)c2ccc([N+](=O)[O-])cc2)cs1. The molecule has 0 atom stereocenters. The second kappa shape index (κ2) is 5.53. The third-order valence-corrected chi connectivity index (χ3v) is 4.51. The van der Waals surface area contributed by atoms with E-state index in [0.29, 0.717) is 10.8 Å². The van der Waals surface area contributed by atoms with Crippen LogP contribution in [0.1, 0.15) is 5.69 Å². The van der Waals surface area contributed by atoms with Gasteiger partial charge in [-0.1, -0.05) is 0 Å². The number of hydrogen-bond acceptors (Lipinski definition) is 7. The summed E-state index contributed by atoms with van der Waals surface area (Å²) in [4.78, 5) is 13.8. The quantitative estimate of drug-likeness (QED) is 0.628. The van der Waals surface area contributed by atoms with Crippen LogP contribution in [0, 0.1) is 10.1 Å². The minimum Gasteiger partial charge on any atom is -0.375 e. The Morgan fingerprint density at radius 3 is 2.50 bits per heavy atom. The Kier molecular flexibility index (Phi) is 3.97. The van der Waals surface area contributed by atoms with Crippen molar-refractivity contribution in [2.75, 3.05) is 5.73 Å². The summed E-state index contributed by atoms with van der Waals surface area (Å²) in [6.45, 7) is 0.00697. The third-order valence-electron chi connectivity index (χ3n) is 2.37. The summed E-state index contributed by atoms with van der Waals surface area (Å²) in [5, 5.41) is 12.5. The van der Waals surface area contributed by atoms with Crippen LogP contribution in [0.25, 0.3) is 0 Å². The largest absolute Gasteiger partial charge is 0.375 e. The van der Waals surface area contributed by atoms with Crippen molar-refractivity contribution in [2.45, 2.75) is 11.4 Å². The van der Waals surface area contributed by atoms with Gasteiger partial charge in [-0.3, -0.25) is 10.1 Å². The highest BCUT2D eigenvalue weighted by molar-refractivity contribution is 7.89. The molecular formula is C10H10N4O4S2. The maximum Gasteiger partial charge on any atom is 0.269 e. The van der Waals surface area contributed by atoms with E-state index in [9.17, 15) is 18.5 Å². The van der Waals surface area contributed by atoms with Crippen molar-refractivity contribution in [1.29, 1.82) is 0 Å². The Bertz CT molecular complexity index is 724. The lowest BCUT2D eigenvalue weighted by atomic mass is 10.3. The second-order valence-electron chi connectivity index (χ2n) is 3.75. The van der Waals surface area contributed by atoms with Crippen LogP contribution < -0.4 is 10.5 Å². The fourth-order valence-corrected chi connectivity index (χ4v) is 2.96. The van der Waals surface area contributed by atoms with Crippen molar-refractivity contribution in [3.63, 3.8) is 0 Å². The number of nitrogens with zero attached hydrogens (tertiary/aromatic N) is 2.